The highest BCUT2D eigenvalue weighted by atomic mass is 32.1. The van der Waals surface area contributed by atoms with E-state index in [1.807, 2.05) is 22.4 Å². The molecule has 28 heavy (non-hydrogen) atoms. The maximum atomic E-state index is 13.3. The van der Waals surface area contributed by atoms with Crippen LogP contribution in [0.4, 0.5) is 10.1 Å². The standard InChI is InChI=1S/C19H17FN4O2S2/c20-13-5-1-6-14(10-13)21-16(25)18-23-22-17(28-18)12-4-2-8-24(11-12)19(26)15-7-3-9-27-15/h1,3,5-7,9-10,12H,2,4,8,11H2,(H,21,25)/t12-/m1/s1. The Kier molecular flexibility index (Phi) is 5.45. The van der Waals surface area contributed by atoms with Crippen molar-refractivity contribution in [2.24, 2.45) is 0 Å². The molecular weight excluding hydrogens is 399 g/mol. The number of amides is 2. The number of rotatable bonds is 4. The van der Waals surface area contributed by atoms with E-state index in [0.29, 0.717) is 12.2 Å². The molecule has 0 radical (unpaired) electrons. The first-order chi connectivity index (χ1) is 13.6. The molecule has 1 aliphatic rings. The molecular formula is C19H17FN4O2S2. The zero-order valence-corrected chi connectivity index (χ0v) is 16.4. The monoisotopic (exact) mass is 416 g/mol. The van der Waals surface area contributed by atoms with Gasteiger partial charge < -0.3 is 10.2 Å². The maximum absolute atomic E-state index is 13.3. The van der Waals surface area contributed by atoms with Gasteiger partial charge in [0.15, 0.2) is 0 Å². The SMILES string of the molecule is O=C(Nc1cccc(F)c1)c1nnc([C@@H]2CCCN(C(=O)c3cccs3)C2)s1. The van der Waals surface area contributed by atoms with Gasteiger partial charge in [-0.3, -0.25) is 9.59 Å². The van der Waals surface area contributed by atoms with Gasteiger partial charge in [-0.05, 0) is 42.5 Å². The molecule has 2 amide bonds. The molecule has 3 heterocycles. The molecule has 0 bridgehead atoms. The number of piperidine rings is 1. The van der Waals surface area contributed by atoms with Gasteiger partial charge in [-0.1, -0.05) is 23.5 Å². The van der Waals surface area contributed by atoms with Crippen LogP contribution in [0.2, 0.25) is 0 Å². The van der Waals surface area contributed by atoms with Gasteiger partial charge in [-0.15, -0.1) is 21.5 Å². The Bertz CT molecular complexity index is 990. The van der Waals surface area contributed by atoms with Crippen molar-refractivity contribution < 1.29 is 14.0 Å². The van der Waals surface area contributed by atoms with Crippen molar-refractivity contribution in [3.63, 3.8) is 0 Å². The Balaban J connectivity index is 1.43. The summed E-state index contributed by atoms with van der Waals surface area (Å²) in [6, 6.07) is 9.39. The normalized spacial score (nSPS) is 16.8. The number of aromatic nitrogens is 2. The summed E-state index contributed by atoms with van der Waals surface area (Å²) in [5.41, 5.74) is 0.368. The lowest BCUT2D eigenvalue weighted by Gasteiger charge is -2.31. The Morgan fingerprint density at radius 2 is 2.11 bits per heavy atom. The second kappa shape index (κ2) is 8.15. The second-order valence-electron chi connectivity index (χ2n) is 6.48. The van der Waals surface area contributed by atoms with Crippen molar-refractivity contribution in [2.75, 3.05) is 18.4 Å². The first-order valence-electron chi connectivity index (χ1n) is 8.83. The molecule has 0 aliphatic carbocycles. The van der Waals surface area contributed by atoms with Gasteiger partial charge in [-0.25, -0.2) is 4.39 Å². The molecule has 1 aliphatic heterocycles. The third-order valence-electron chi connectivity index (χ3n) is 4.51. The summed E-state index contributed by atoms with van der Waals surface area (Å²) in [4.78, 5) is 27.5. The fourth-order valence-corrected chi connectivity index (χ4v) is 4.72. The molecule has 3 aromatic rings. The van der Waals surface area contributed by atoms with E-state index in [2.05, 4.69) is 15.5 Å². The van der Waals surface area contributed by atoms with Gasteiger partial charge in [0, 0.05) is 24.7 Å². The number of nitrogens with one attached hydrogen (secondary N) is 1. The van der Waals surface area contributed by atoms with E-state index in [0.717, 1.165) is 29.3 Å². The van der Waals surface area contributed by atoms with Crippen LogP contribution < -0.4 is 5.32 Å². The molecule has 144 valence electrons. The smallest absolute Gasteiger partial charge is 0.286 e. The number of carbonyl (C=O) groups excluding carboxylic acids is 2. The Labute approximate surface area is 169 Å². The first kappa shape index (κ1) is 18.7. The van der Waals surface area contributed by atoms with Crippen LogP contribution in [-0.4, -0.2) is 40.0 Å². The Hall–Kier alpha value is -2.65. The minimum Gasteiger partial charge on any atom is -0.337 e. The van der Waals surface area contributed by atoms with Gasteiger partial charge in [0.1, 0.15) is 10.8 Å². The average molecular weight is 417 g/mol. The number of nitrogens with zero attached hydrogens (tertiary/aromatic N) is 3. The van der Waals surface area contributed by atoms with Crippen LogP contribution in [0.15, 0.2) is 41.8 Å². The predicted octanol–water partition coefficient (Wildman–Crippen LogP) is 4.01. The maximum Gasteiger partial charge on any atom is 0.286 e. The van der Waals surface area contributed by atoms with Crippen LogP contribution in [-0.2, 0) is 0 Å². The summed E-state index contributed by atoms with van der Waals surface area (Å²) < 4.78 is 13.3. The van der Waals surface area contributed by atoms with Crippen molar-refractivity contribution in [1.29, 1.82) is 0 Å². The highest BCUT2D eigenvalue weighted by Gasteiger charge is 2.28. The number of likely N-dealkylation sites (tertiary alicyclic amines) is 1. The molecule has 1 saturated heterocycles. The topological polar surface area (TPSA) is 75.2 Å². The zero-order valence-electron chi connectivity index (χ0n) is 14.8. The van der Waals surface area contributed by atoms with Crippen LogP contribution in [0.3, 0.4) is 0 Å². The van der Waals surface area contributed by atoms with Gasteiger partial charge in [-0.2, -0.15) is 0 Å². The van der Waals surface area contributed by atoms with E-state index in [4.69, 9.17) is 0 Å². The van der Waals surface area contributed by atoms with E-state index in [1.54, 1.807) is 6.07 Å². The summed E-state index contributed by atoms with van der Waals surface area (Å²) in [7, 11) is 0. The number of benzene rings is 1. The molecule has 0 unspecified atom stereocenters. The molecule has 0 saturated carbocycles. The molecule has 1 fully saturated rings. The molecule has 2 aromatic heterocycles. The van der Waals surface area contributed by atoms with Crippen LogP contribution in [0.5, 0.6) is 0 Å². The van der Waals surface area contributed by atoms with Crippen molar-refractivity contribution in [3.05, 3.63) is 62.5 Å². The van der Waals surface area contributed by atoms with Crippen molar-refractivity contribution in [3.8, 4) is 0 Å². The van der Waals surface area contributed by atoms with Crippen LogP contribution >= 0.6 is 22.7 Å². The summed E-state index contributed by atoms with van der Waals surface area (Å²) >= 11 is 2.65. The van der Waals surface area contributed by atoms with Crippen molar-refractivity contribution in [1.82, 2.24) is 15.1 Å². The summed E-state index contributed by atoms with van der Waals surface area (Å²) in [6.45, 7) is 1.29. The number of hydrogen-bond donors (Lipinski definition) is 1. The van der Waals surface area contributed by atoms with Crippen LogP contribution in [0, 0.1) is 5.82 Å². The minimum atomic E-state index is -0.423. The lowest BCUT2D eigenvalue weighted by Crippen LogP contribution is -2.38. The number of halogens is 1. The Morgan fingerprint density at radius 1 is 1.21 bits per heavy atom. The number of anilines is 1. The molecule has 6 nitrogen and oxygen atoms in total. The quantitative estimate of drug-likeness (QED) is 0.697. The van der Waals surface area contributed by atoms with E-state index >= 15 is 0 Å². The summed E-state index contributed by atoms with van der Waals surface area (Å²) in [5, 5.41) is 13.7. The highest BCUT2D eigenvalue weighted by Crippen LogP contribution is 2.30. The first-order valence-corrected chi connectivity index (χ1v) is 10.5. The van der Waals surface area contributed by atoms with E-state index in [-0.39, 0.29) is 16.8 Å². The molecule has 4 rings (SSSR count). The molecule has 1 aromatic carbocycles. The largest absolute Gasteiger partial charge is 0.337 e. The van der Waals surface area contributed by atoms with E-state index in [1.165, 1.54) is 40.9 Å². The lowest BCUT2D eigenvalue weighted by molar-refractivity contribution is 0.0711. The van der Waals surface area contributed by atoms with E-state index in [9.17, 15) is 14.0 Å². The van der Waals surface area contributed by atoms with Gasteiger partial charge in [0.25, 0.3) is 11.8 Å². The third-order valence-corrected chi connectivity index (χ3v) is 6.45. The third kappa shape index (κ3) is 4.10. The molecule has 1 atom stereocenters. The fourth-order valence-electron chi connectivity index (χ4n) is 3.16. The van der Waals surface area contributed by atoms with Crippen LogP contribution in [0.25, 0.3) is 0 Å². The highest BCUT2D eigenvalue weighted by molar-refractivity contribution is 7.13. The van der Waals surface area contributed by atoms with Crippen molar-refractivity contribution >= 4 is 40.2 Å². The van der Waals surface area contributed by atoms with Crippen molar-refractivity contribution in [2.45, 2.75) is 18.8 Å². The zero-order chi connectivity index (χ0) is 19.5. The molecule has 9 heteroatoms. The van der Waals surface area contributed by atoms with Gasteiger partial charge in [0.05, 0.1) is 4.88 Å². The fraction of sp³-hybridized carbons (Fsp3) is 0.263. The van der Waals surface area contributed by atoms with E-state index < -0.39 is 11.7 Å². The number of carbonyl (C=O) groups is 2. The molecule has 1 N–H and O–H groups in total. The lowest BCUT2D eigenvalue weighted by atomic mass is 9.98. The number of hydrogen-bond acceptors (Lipinski definition) is 6. The second-order valence-corrected chi connectivity index (χ2v) is 8.43. The Morgan fingerprint density at radius 3 is 2.89 bits per heavy atom. The number of thiophene rings is 1. The summed E-state index contributed by atoms with van der Waals surface area (Å²) in [6.07, 6.45) is 1.78. The summed E-state index contributed by atoms with van der Waals surface area (Å²) in [5.74, 6) is -0.746. The van der Waals surface area contributed by atoms with Gasteiger partial charge in [0.2, 0.25) is 5.01 Å². The average Bonchev–Trinajstić information content (AvgIpc) is 3.40. The van der Waals surface area contributed by atoms with Gasteiger partial charge >= 0.3 is 0 Å². The van der Waals surface area contributed by atoms with Crippen LogP contribution in [0.1, 0.15) is 43.2 Å². The minimum absolute atomic E-state index is 0.0355. The predicted molar refractivity (Wildman–Crippen MR) is 106 cm³/mol. The molecule has 0 spiro atoms.